The maximum atomic E-state index is 9.29. The summed E-state index contributed by atoms with van der Waals surface area (Å²) < 4.78 is 5.70. The van der Waals surface area contributed by atoms with Gasteiger partial charge in [0, 0.05) is 6.61 Å². The van der Waals surface area contributed by atoms with Crippen LogP contribution in [0.2, 0.25) is 0 Å². The van der Waals surface area contributed by atoms with Crippen molar-refractivity contribution in [2.24, 2.45) is 11.3 Å². The van der Waals surface area contributed by atoms with Gasteiger partial charge in [0.1, 0.15) is 0 Å². The zero-order valence-electron chi connectivity index (χ0n) is 11.3. The number of hydrogen-bond acceptors (Lipinski definition) is 3. The van der Waals surface area contributed by atoms with Gasteiger partial charge in [-0.3, -0.25) is 0 Å². The number of ether oxygens (including phenoxy) is 1. The van der Waals surface area contributed by atoms with E-state index in [1.165, 1.54) is 0 Å². The summed E-state index contributed by atoms with van der Waals surface area (Å²) >= 11 is 0. The van der Waals surface area contributed by atoms with Crippen molar-refractivity contribution in [3.63, 3.8) is 0 Å². The largest absolute Gasteiger partial charge is 0.396 e. The van der Waals surface area contributed by atoms with Gasteiger partial charge in [0.05, 0.1) is 12.7 Å². The molecule has 1 rings (SSSR count). The second kappa shape index (κ2) is 5.84. The van der Waals surface area contributed by atoms with Gasteiger partial charge in [0.2, 0.25) is 0 Å². The summed E-state index contributed by atoms with van der Waals surface area (Å²) in [4.78, 5) is 0. The van der Waals surface area contributed by atoms with Crippen LogP contribution in [0.15, 0.2) is 0 Å². The van der Waals surface area contributed by atoms with Crippen LogP contribution in [0.3, 0.4) is 0 Å². The van der Waals surface area contributed by atoms with E-state index in [9.17, 15) is 5.26 Å². The van der Waals surface area contributed by atoms with E-state index in [2.05, 4.69) is 26.8 Å². The van der Waals surface area contributed by atoms with Crippen molar-refractivity contribution in [2.75, 3.05) is 13.2 Å². The molecule has 0 aromatic carbocycles. The van der Waals surface area contributed by atoms with Crippen LogP contribution >= 0.6 is 0 Å². The van der Waals surface area contributed by atoms with E-state index in [0.29, 0.717) is 24.4 Å². The average molecular weight is 239 g/mol. The van der Waals surface area contributed by atoms with Crippen molar-refractivity contribution in [3.05, 3.63) is 0 Å². The molecule has 1 saturated carbocycles. The predicted molar refractivity (Wildman–Crippen MR) is 67.4 cm³/mol. The number of aliphatic hydroxyl groups is 1. The first-order chi connectivity index (χ1) is 7.93. The minimum Gasteiger partial charge on any atom is -0.396 e. The van der Waals surface area contributed by atoms with Crippen LogP contribution in [0.25, 0.3) is 0 Å². The normalized spacial score (nSPS) is 29.9. The predicted octanol–water partition coefficient (Wildman–Crippen LogP) is 2.88. The fourth-order valence-electron chi connectivity index (χ4n) is 2.57. The molecule has 0 amide bonds. The van der Waals surface area contributed by atoms with Crippen molar-refractivity contribution >= 4 is 0 Å². The molecule has 3 heteroatoms. The molecule has 1 aliphatic carbocycles. The molecule has 3 nitrogen and oxygen atoms in total. The number of rotatable bonds is 4. The summed E-state index contributed by atoms with van der Waals surface area (Å²) in [6, 6.07) is 2.34. The standard InChI is InChI=1S/C14H25NO2/c1-13(2,3)12-5-7-14(11-15,8-6-12)17-10-4-9-16/h12,16H,4-10H2,1-3H3. The lowest BCUT2D eigenvalue weighted by Gasteiger charge is -2.40. The molecule has 0 radical (unpaired) electrons. The lowest BCUT2D eigenvalue weighted by molar-refractivity contribution is -0.0504. The Labute approximate surface area is 105 Å². The molecule has 0 saturated heterocycles. The van der Waals surface area contributed by atoms with Crippen LogP contribution in [0.4, 0.5) is 0 Å². The van der Waals surface area contributed by atoms with Gasteiger partial charge in [0.15, 0.2) is 5.60 Å². The topological polar surface area (TPSA) is 53.2 Å². The molecular weight excluding hydrogens is 214 g/mol. The van der Waals surface area contributed by atoms with E-state index >= 15 is 0 Å². The van der Waals surface area contributed by atoms with E-state index in [-0.39, 0.29) is 6.61 Å². The Morgan fingerprint density at radius 3 is 2.35 bits per heavy atom. The Morgan fingerprint density at radius 2 is 1.94 bits per heavy atom. The molecule has 1 N–H and O–H groups in total. The lowest BCUT2D eigenvalue weighted by Crippen LogP contribution is -2.39. The number of aliphatic hydroxyl groups excluding tert-OH is 1. The maximum Gasteiger partial charge on any atom is 0.154 e. The van der Waals surface area contributed by atoms with E-state index in [0.717, 1.165) is 25.7 Å². The van der Waals surface area contributed by atoms with Crippen LogP contribution in [0.1, 0.15) is 52.9 Å². The molecular formula is C14H25NO2. The number of hydrogen-bond donors (Lipinski definition) is 1. The Hall–Kier alpha value is -0.590. The first-order valence-corrected chi connectivity index (χ1v) is 6.59. The summed E-state index contributed by atoms with van der Waals surface area (Å²) in [6.45, 7) is 7.42. The summed E-state index contributed by atoms with van der Waals surface area (Å²) in [5, 5.41) is 18.0. The molecule has 0 heterocycles. The van der Waals surface area contributed by atoms with Crippen molar-refractivity contribution < 1.29 is 9.84 Å². The zero-order chi connectivity index (χ0) is 12.9. The fourth-order valence-corrected chi connectivity index (χ4v) is 2.57. The number of nitrogens with zero attached hydrogens (tertiary/aromatic N) is 1. The van der Waals surface area contributed by atoms with Crippen molar-refractivity contribution in [3.8, 4) is 6.07 Å². The Bertz CT molecular complexity index is 267. The Balaban J connectivity index is 2.49. The SMILES string of the molecule is CC(C)(C)C1CCC(C#N)(OCCCO)CC1. The smallest absolute Gasteiger partial charge is 0.154 e. The van der Waals surface area contributed by atoms with Crippen molar-refractivity contribution in [1.82, 2.24) is 0 Å². The van der Waals surface area contributed by atoms with Gasteiger partial charge >= 0.3 is 0 Å². The van der Waals surface area contributed by atoms with Gasteiger partial charge in [-0.05, 0) is 43.4 Å². The Kier molecular flexibility index (Phi) is 4.97. The maximum absolute atomic E-state index is 9.29. The average Bonchev–Trinajstić information content (AvgIpc) is 2.29. The second-order valence-electron chi connectivity index (χ2n) is 6.17. The van der Waals surface area contributed by atoms with Crippen molar-refractivity contribution in [2.45, 2.75) is 58.5 Å². The van der Waals surface area contributed by atoms with Gasteiger partial charge in [-0.25, -0.2) is 0 Å². The molecule has 17 heavy (non-hydrogen) atoms. The van der Waals surface area contributed by atoms with Crippen molar-refractivity contribution in [1.29, 1.82) is 5.26 Å². The first-order valence-electron chi connectivity index (χ1n) is 6.59. The molecule has 0 unspecified atom stereocenters. The minimum absolute atomic E-state index is 0.131. The molecule has 1 aliphatic rings. The molecule has 0 aromatic heterocycles. The third-order valence-corrected chi connectivity index (χ3v) is 3.90. The van der Waals surface area contributed by atoms with Gasteiger partial charge in [-0.2, -0.15) is 5.26 Å². The highest BCUT2D eigenvalue weighted by atomic mass is 16.5. The van der Waals surface area contributed by atoms with E-state index in [4.69, 9.17) is 9.84 Å². The van der Waals surface area contributed by atoms with Crippen LogP contribution in [-0.2, 0) is 4.74 Å². The zero-order valence-corrected chi connectivity index (χ0v) is 11.3. The van der Waals surface area contributed by atoms with E-state index < -0.39 is 5.60 Å². The van der Waals surface area contributed by atoms with Gasteiger partial charge < -0.3 is 9.84 Å². The molecule has 0 aliphatic heterocycles. The van der Waals surface area contributed by atoms with Crippen LogP contribution in [0, 0.1) is 22.7 Å². The summed E-state index contributed by atoms with van der Waals surface area (Å²) in [5.74, 6) is 0.686. The fraction of sp³-hybridized carbons (Fsp3) is 0.929. The molecule has 0 atom stereocenters. The molecule has 0 aromatic rings. The number of nitriles is 1. The van der Waals surface area contributed by atoms with Gasteiger partial charge in [0.25, 0.3) is 0 Å². The summed E-state index contributed by atoms with van der Waals surface area (Å²) in [7, 11) is 0. The van der Waals surface area contributed by atoms with Gasteiger partial charge in [-0.15, -0.1) is 0 Å². The minimum atomic E-state index is -0.586. The monoisotopic (exact) mass is 239 g/mol. The first kappa shape index (κ1) is 14.5. The van der Waals surface area contributed by atoms with Crippen LogP contribution < -0.4 is 0 Å². The highest BCUT2D eigenvalue weighted by Gasteiger charge is 2.39. The molecule has 0 spiro atoms. The summed E-state index contributed by atoms with van der Waals surface area (Å²) in [5.41, 5.74) is -0.260. The molecule has 0 bridgehead atoms. The third kappa shape index (κ3) is 3.97. The van der Waals surface area contributed by atoms with E-state index in [1.807, 2.05) is 0 Å². The molecule has 1 fully saturated rings. The van der Waals surface area contributed by atoms with Gasteiger partial charge in [-0.1, -0.05) is 20.8 Å². The lowest BCUT2D eigenvalue weighted by atomic mass is 9.68. The Morgan fingerprint density at radius 1 is 1.35 bits per heavy atom. The highest BCUT2D eigenvalue weighted by molar-refractivity contribution is 5.05. The van der Waals surface area contributed by atoms with E-state index in [1.54, 1.807) is 0 Å². The highest BCUT2D eigenvalue weighted by Crippen LogP contribution is 2.42. The quantitative estimate of drug-likeness (QED) is 0.767. The third-order valence-electron chi connectivity index (χ3n) is 3.90. The molecule has 98 valence electrons. The summed E-state index contributed by atoms with van der Waals surface area (Å²) in [6.07, 6.45) is 4.41. The second-order valence-corrected chi connectivity index (χ2v) is 6.17. The van der Waals surface area contributed by atoms with Crippen LogP contribution in [0.5, 0.6) is 0 Å². The van der Waals surface area contributed by atoms with Crippen LogP contribution in [-0.4, -0.2) is 23.9 Å².